The van der Waals surface area contributed by atoms with Crippen molar-refractivity contribution >= 4 is 28.2 Å². The Morgan fingerprint density at radius 1 is 1.04 bits per heavy atom. The SMILES string of the molecule is O=C(O)c1c(C2CCCCC2)csc1NC(=O)C1CCc2ccccc2C1. The van der Waals surface area contributed by atoms with Gasteiger partial charge in [0.25, 0.3) is 0 Å². The molecule has 1 atom stereocenters. The van der Waals surface area contributed by atoms with Gasteiger partial charge in [0.1, 0.15) is 5.00 Å². The van der Waals surface area contributed by atoms with E-state index in [9.17, 15) is 14.7 Å². The molecule has 1 aromatic carbocycles. The fraction of sp³-hybridized carbons (Fsp3) is 0.455. The summed E-state index contributed by atoms with van der Waals surface area (Å²) in [5.41, 5.74) is 3.79. The van der Waals surface area contributed by atoms with Gasteiger partial charge in [-0.2, -0.15) is 0 Å². The van der Waals surface area contributed by atoms with Crippen LogP contribution in [-0.4, -0.2) is 17.0 Å². The zero-order valence-corrected chi connectivity index (χ0v) is 16.2. The third kappa shape index (κ3) is 3.79. The number of aromatic carboxylic acids is 1. The van der Waals surface area contributed by atoms with Crippen LogP contribution in [0.3, 0.4) is 0 Å². The van der Waals surface area contributed by atoms with Gasteiger partial charge in [0.05, 0.1) is 5.56 Å². The molecule has 2 aliphatic rings. The van der Waals surface area contributed by atoms with E-state index in [0.29, 0.717) is 16.5 Å². The van der Waals surface area contributed by atoms with Crippen LogP contribution < -0.4 is 5.32 Å². The highest BCUT2D eigenvalue weighted by Gasteiger charge is 2.29. The van der Waals surface area contributed by atoms with Gasteiger partial charge in [-0.05, 0) is 60.1 Å². The molecule has 1 heterocycles. The van der Waals surface area contributed by atoms with Crippen LogP contribution in [0.2, 0.25) is 0 Å². The molecule has 0 saturated heterocycles. The Balaban J connectivity index is 1.51. The van der Waals surface area contributed by atoms with Crippen molar-refractivity contribution in [3.05, 3.63) is 51.9 Å². The van der Waals surface area contributed by atoms with Crippen molar-refractivity contribution in [3.63, 3.8) is 0 Å². The van der Waals surface area contributed by atoms with E-state index >= 15 is 0 Å². The van der Waals surface area contributed by atoms with Gasteiger partial charge in [0, 0.05) is 5.92 Å². The summed E-state index contributed by atoms with van der Waals surface area (Å²) in [6, 6.07) is 8.26. The number of carbonyl (C=O) groups excluding carboxylic acids is 1. The summed E-state index contributed by atoms with van der Waals surface area (Å²) < 4.78 is 0. The normalized spacial score (nSPS) is 20.1. The first kappa shape index (κ1) is 18.2. The largest absolute Gasteiger partial charge is 0.478 e. The number of fused-ring (bicyclic) bond motifs is 1. The fourth-order valence-corrected chi connectivity index (χ4v) is 5.57. The molecular formula is C22H25NO3S. The van der Waals surface area contributed by atoms with Gasteiger partial charge >= 0.3 is 5.97 Å². The third-order valence-electron chi connectivity index (χ3n) is 6.03. The number of hydrogen-bond acceptors (Lipinski definition) is 3. The van der Waals surface area contributed by atoms with Gasteiger partial charge in [-0.25, -0.2) is 4.79 Å². The van der Waals surface area contributed by atoms with Gasteiger partial charge in [-0.15, -0.1) is 11.3 Å². The molecule has 0 bridgehead atoms. The average molecular weight is 384 g/mol. The molecule has 2 aliphatic carbocycles. The van der Waals surface area contributed by atoms with Crippen LogP contribution in [0.15, 0.2) is 29.6 Å². The predicted molar refractivity (Wildman–Crippen MR) is 108 cm³/mol. The highest BCUT2D eigenvalue weighted by molar-refractivity contribution is 7.15. The van der Waals surface area contributed by atoms with E-state index in [2.05, 4.69) is 17.4 Å². The van der Waals surface area contributed by atoms with Gasteiger partial charge < -0.3 is 10.4 Å². The van der Waals surface area contributed by atoms with Gasteiger partial charge in [-0.1, -0.05) is 43.5 Å². The van der Waals surface area contributed by atoms with E-state index in [0.717, 1.165) is 50.5 Å². The van der Waals surface area contributed by atoms with Crippen LogP contribution in [-0.2, 0) is 17.6 Å². The van der Waals surface area contributed by atoms with E-state index < -0.39 is 5.97 Å². The number of carbonyl (C=O) groups is 2. The highest BCUT2D eigenvalue weighted by atomic mass is 32.1. The molecule has 1 unspecified atom stereocenters. The first-order valence-corrected chi connectivity index (χ1v) is 10.7. The average Bonchev–Trinajstić information content (AvgIpc) is 3.12. The molecule has 0 spiro atoms. The molecule has 4 nitrogen and oxygen atoms in total. The second-order valence-corrected chi connectivity index (χ2v) is 8.61. The molecule has 2 N–H and O–H groups in total. The molecule has 142 valence electrons. The molecular weight excluding hydrogens is 358 g/mol. The summed E-state index contributed by atoms with van der Waals surface area (Å²) in [6.07, 6.45) is 8.07. The number of anilines is 1. The number of amides is 1. The molecule has 5 heteroatoms. The Labute approximate surface area is 163 Å². The Bertz CT molecular complexity index is 851. The van der Waals surface area contributed by atoms with Crippen LogP contribution in [0.1, 0.15) is 71.5 Å². The van der Waals surface area contributed by atoms with Crippen molar-refractivity contribution in [2.24, 2.45) is 5.92 Å². The predicted octanol–water partition coefficient (Wildman–Crippen LogP) is 5.24. The maximum absolute atomic E-state index is 12.8. The van der Waals surface area contributed by atoms with Crippen molar-refractivity contribution in [2.45, 2.75) is 57.3 Å². The number of carboxylic acids is 1. The molecule has 1 amide bonds. The van der Waals surface area contributed by atoms with Crippen LogP contribution in [0.4, 0.5) is 5.00 Å². The maximum Gasteiger partial charge on any atom is 0.339 e. The second kappa shape index (κ2) is 7.85. The summed E-state index contributed by atoms with van der Waals surface area (Å²) in [6.45, 7) is 0. The smallest absolute Gasteiger partial charge is 0.339 e. The van der Waals surface area contributed by atoms with Gasteiger partial charge in [0.15, 0.2) is 0 Å². The van der Waals surface area contributed by atoms with Gasteiger partial charge in [-0.3, -0.25) is 4.79 Å². The maximum atomic E-state index is 12.8. The summed E-state index contributed by atoms with van der Waals surface area (Å²) >= 11 is 1.36. The molecule has 0 radical (unpaired) electrons. The van der Waals surface area contributed by atoms with Gasteiger partial charge in [0.2, 0.25) is 5.91 Å². The molecule has 4 rings (SSSR count). The van der Waals surface area contributed by atoms with Crippen LogP contribution in [0, 0.1) is 5.92 Å². The lowest BCUT2D eigenvalue weighted by Crippen LogP contribution is -2.28. The number of benzene rings is 1. The van der Waals surface area contributed by atoms with Crippen LogP contribution in [0.5, 0.6) is 0 Å². The Morgan fingerprint density at radius 2 is 1.78 bits per heavy atom. The minimum Gasteiger partial charge on any atom is -0.478 e. The lowest BCUT2D eigenvalue weighted by atomic mass is 9.83. The van der Waals surface area contributed by atoms with Crippen molar-refractivity contribution < 1.29 is 14.7 Å². The van der Waals surface area contributed by atoms with Crippen molar-refractivity contribution in [3.8, 4) is 0 Å². The summed E-state index contributed by atoms with van der Waals surface area (Å²) in [5.74, 6) is -0.764. The lowest BCUT2D eigenvalue weighted by Gasteiger charge is -2.24. The van der Waals surface area contributed by atoms with Crippen LogP contribution in [0.25, 0.3) is 0 Å². The number of rotatable bonds is 4. The second-order valence-electron chi connectivity index (χ2n) is 7.73. The van der Waals surface area contributed by atoms with Crippen LogP contribution >= 0.6 is 11.3 Å². The number of nitrogens with one attached hydrogen (secondary N) is 1. The Hall–Kier alpha value is -2.14. The van der Waals surface area contributed by atoms with Crippen molar-refractivity contribution in [2.75, 3.05) is 5.32 Å². The summed E-state index contributed by atoms with van der Waals surface area (Å²) in [5, 5.41) is 15.2. The zero-order valence-electron chi connectivity index (χ0n) is 15.4. The number of hydrogen-bond donors (Lipinski definition) is 2. The molecule has 1 saturated carbocycles. The monoisotopic (exact) mass is 383 g/mol. The molecule has 1 aromatic heterocycles. The lowest BCUT2D eigenvalue weighted by molar-refractivity contribution is -0.120. The molecule has 2 aromatic rings. The van der Waals surface area contributed by atoms with Crippen molar-refractivity contribution in [1.82, 2.24) is 0 Å². The van der Waals surface area contributed by atoms with E-state index in [1.165, 1.54) is 28.9 Å². The highest BCUT2D eigenvalue weighted by Crippen LogP contribution is 2.40. The number of aryl methyl sites for hydroxylation is 1. The number of carboxylic acid groups (broad SMARTS) is 1. The standard InChI is InChI=1S/C22H25NO3S/c24-20(17-11-10-14-6-4-5-9-16(14)12-17)23-21-19(22(25)26)18(13-27-21)15-7-2-1-3-8-15/h4-6,9,13,15,17H,1-3,7-8,10-12H2,(H,23,24)(H,25,26). The Morgan fingerprint density at radius 3 is 2.52 bits per heavy atom. The molecule has 0 aliphatic heterocycles. The zero-order chi connectivity index (χ0) is 18.8. The number of thiophene rings is 1. The van der Waals surface area contributed by atoms with E-state index in [1.54, 1.807) is 0 Å². The molecule has 1 fully saturated rings. The first-order chi connectivity index (χ1) is 13.1. The van der Waals surface area contributed by atoms with Crippen molar-refractivity contribution in [1.29, 1.82) is 0 Å². The van der Waals surface area contributed by atoms with E-state index in [4.69, 9.17) is 0 Å². The van der Waals surface area contributed by atoms with E-state index in [-0.39, 0.29) is 11.8 Å². The fourth-order valence-electron chi connectivity index (χ4n) is 4.53. The first-order valence-electron chi connectivity index (χ1n) is 9.86. The quantitative estimate of drug-likeness (QED) is 0.759. The topological polar surface area (TPSA) is 66.4 Å². The Kier molecular flexibility index (Phi) is 5.30. The summed E-state index contributed by atoms with van der Waals surface area (Å²) in [4.78, 5) is 24.8. The third-order valence-corrected chi connectivity index (χ3v) is 6.95. The minimum atomic E-state index is -0.930. The molecule has 27 heavy (non-hydrogen) atoms. The minimum absolute atomic E-state index is 0.0518. The summed E-state index contributed by atoms with van der Waals surface area (Å²) in [7, 11) is 0. The van der Waals surface area contributed by atoms with E-state index in [1.807, 2.05) is 17.5 Å².